The number of likely N-dealkylation sites (N-methyl/N-ethyl adjacent to an activating group) is 1. The number of halogens is 2. The van der Waals surface area contributed by atoms with Gasteiger partial charge < -0.3 is 9.80 Å². The van der Waals surface area contributed by atoms with Crippen molar-refractivity contribution in [2.75, 3.05) is 39.8 Å². The molecule has 18 heavy (non-hydrogen) atoms. The first kappa shape index (κ1) is 13.4. The first-order valence-corrected chi connectivity index (χ1v) is 6.50. The highest BCUT2D eigenvalue weighted by atomic mass is 19.2. The zero-order chi connectivity index (χ0) is 13.0. The van der Waals surface area contributed by atoms with E-state index in [2.05, 4.69) is 16.8 Å². The summed E-state index contributed by atoms with van der Waals surface area (Å²) in [5.74, 6) is -1.43. The molecule has 0 atom stereocenters. The minimum absolute atomic E-state index is 0.490. The molecule has 0 saturated carbocycles. The minimum atomic E-state index is -0.743. The van der Waals surface area contributed by atoms with Gasteiger partial charge in [0.1, 0.15) is 0 Å². The summed E-state index contributed by atoms with van der Waals surface area (Å²) < 4.78 is 26.4. The summed E-state index contributed by atoms with van der Waals surface area (Å²) in [5.41, 5.74) is 0.490. The summed E-state index contributed by atoms with van der Waals surface area (Å²) in [4.78, 5) is 4.69. The van der Waals surface area contributed by atoms with E-state index in [0.717, 1.165) is 39.1 Å². The van der Waals surface area contributed by atoms with Crippen LogP contribution in [0, 0.1) is 11.6 Å². The summed E-state index contributed by atoms with van der Waals surface area (Å²) in [6.45, 7) is 5.29. The van der Waals surface area contributed by atoms with Crippen LogP contribution in [0.4, 0.5) is 8.78 Å². The van der Waals surface area contributed by atoms with Crippen molar-refractivity contribution < 1.29 is 8.78 Å². The second-order valence-corrected chi connectivity index (χ2v) is 4.96. The van der Waals surface area contributed by atoms with Crippen LogP contribution in [0.1, 0.15) is 12.0 Å². The van der Waals surface area contributed by atoms with Gasteiger partial charge in [0.15, 0.2) is 11.6 Å². The number of hydrogen-bond donors (Lipinski definition) is 0. The van der Waals surface area contributed by atoms with Crippen molar-refractivity contribution in [2.24, 2.45) is 0 Å². The minimum Gasteiger partial charge on any atom is -0.304 e. The van der Waals surface area contributed by atoms with Gasteiger partial charge in [-0.05, 0) is 38.1 Å². The standard InChI is InChI=1S/C14H20F2N2/c1-17-8-10-18(11-9-17)7-3-5-12-4-2-6-13(15)14(12)16/h2,4,6H,3,5,7-11H2,1H3. The number of aryl methyl sites for hydroxylation is 1. The van der Waals surface area contributed by atoms with E-state index < -0.39 is 11.6 Å². The lowest BCUT2D eigenvalue weighted by molar-refractivity contribution is 0.153. The molecule has 0 bridgehead atoms. The van der Waals surface area contributed by atoms with Crippen LogP contribution in [0.5, 0.6) is 0 Å². The van der Waals surface area contributed by atoms with Gasteiger partial charge >= 0.3 is 0 Å². The maximum Gasteiger partial charge on any atom is 0.162 e. The molecule has 0 N–H and O–H groups in total. The van der Waals surface area contributed by atoms with Gasteiger partial charge in [0.2, 0.25) is 0 Å². The molecule has 0 amide bonds. The highest BCUT2D eigenvalue weighted by molar-refractivity contribution is 5.18. The van der Waals surface area contributed by atoms with Crippen molar-refractivity contribution in [1.29, 1.82) is 0 Å². The smallest absolute Gasteiger partial charge is 0.162 e. The predicted octanol–water partition coefficient (Wildman–Crippen LogP) is 2.14. The van der Waals surface area contributed by atoms with E-state index in [-0.39, 0.29) is 0 Å². The Bertz CT molecular complexity index is 387. The molecule has 100 valence electrons. The summed E-state index contributed by atoms with van der Waals surface area (Å²) in [7, 11) is 2.12. The second kappa shape index (κ2) is 6.25. The Morgan fingerprint density at radius 2 is 1.83 bits per heavy atom. The van der Waals surface area contributed by atoms with Crippen LogP contribution >= 0.6 is 0 Å². The maximum absolute atomic E-state index is 13.4. The Morgan fingerprint density at radius 3 is 2.56 bits per heavy atom. The molecular formula is C14H20F2N2. The normalized spacial score (nSPS) is 18.2. The summed E-state index contributed by atoms with van der Waals surface area (Å²) in [6, 6.07) is 4.41. The van der Waals surface area contributed by atoms with Crippen molar-refractivity contribution in [3.63, 3.8) is 0 Å². The van der Waals surface area contributed by atoms with Gasteiger partial charge in [0.25, 0.3) is 0 Å². The van der Waals surface area contributed by atoms with Crippen molar-refractivity contribution in [2.45, 2.75) is 12.8 Å². The fourth-order valence-corrected chi connectivity index (χ4v) is 2.31. The Balaban J connectivity index is 1.77. The third-order valence-electron chi connectivity index (χ3n) is 3.55. The topological polar surface area (TPSA) is 6.48 Å². The number of nitrogens with zero attached hydrogens (tertiary/aromatic N) is 2. The molecule has 1 saturated heterocycles. The fourth-order valence-electron chi connectivity index (χ4n) is 2.31. The molecule has 1 aliphatic heterocycles. The summed E-state index contributed by atoms with van der Waals surface area (Å²) in [5, 5.41) is 0. The van der Waals surface area contributed by atoms with Gasteiger partial charge in [-0.3, -0.25) is 0 Å². The SMILES string of the molecule is CN1CCN(CCCc2cccc(F)c2F)CC1. The largest absolute Gasteiger partial charge is 0.304 e. The lowest BCUT2D eigenvalue weighted by Gasteiger charge is -2.32. The van der Waals surface area contributed by atoms with Crippen LogP contribution in [-0.4, -0.2) is 49.6 Å². The van der Waals surface area contributed by atoms with Crippen molar-refractivity contribution in [3.8, 4) is 0 Å². The van der Waals surface area contributed by atoms with Crippen molar-refractivity contribution in [1.82, 2.24) is 9.80 Å². The molecule has 1 aliphatic rings. The van der Waals surface area contributed by atoms with Gasteiger partial charge in [0.05, 0.1) is 0 Å². The van der Waals surface area contributed by atoms with E-state index in [9.17, 15) is 8.78 Å². The Hall–Kier alpha value is -1.00. The van der Waals surface area contributed by atoms with Gasteiger partial charge in [-0.2, -0.15) is 0 Å². The molecule has 0 aromatic heterocycles. The quantitative estimate of drug-likeness (QED) is 0.812. The average Bonchev–Trinajstić information content (AvgIpc) is 2.37. The maximum atomic E-state index is 13.4. The monoisotopic (exact) mass is 254 g/mol. The first-order chi connectivity index (χ1) is 8.66. The van der Waals surface area contributed by atoms with Crippen LogP contribution < -0.4 is 0 Å². The van der Waals surface area contributed by atoms with E-state index in [1.54, 1.807) is 12.1 Å². The van der Waals surface area contributed by atoms with Gasteiger partial charge in [-0.1, -0.05) is 12.1 Å². The van der Waals surface area contributed by atoms with E-state index in [1.807, 2.05) is 0 Å². The fraction of sp³-hybridized carbons (Fsp3) is 0.571. The molecule has 1 fully saturated rings. The Morgan fingerprint density at radius 1 is 1.11 bits per heavy atom. The van der Waals surface area contributed by atoms with E-state index in [4.69, 9.17) is 0 Å². The number of hydrogen-bond acceptors (Lipinski definition) is 2. The molecule has 1 heterocycles. The number of benzene rings is 1. The van der Waals surface area contributed by atoms with E-state index in [1.165, 1.54) is 6.07 Å². The molecule has 2 rings (SSSR count). The van der Waals surface area contributed by atoms with E-state index in [0.29, 0.717) is 12.0 Å². The van der Waals surface area contributed by atoms with Crippen LogP contribution in [-0.2, 0) is 6.42 Å². The van der Waals surface area contributed by atoms with Crippen LogP contribution in [0.15, 0.2) is 18.2 Å². The van der Waals surface area contributed by atoms with Gasteiger partial charge in [0, 0.05) is 26.2 Å². The van der Waals surface area contributed by atoms with E-state index >= 15 is 0 Å². The van der Waals surface area contributed by atoms with Gasteiger partial charge in [-0.15, -0.1) is 0 Å². The Labute approximate surface area is 107 Å². The molecule has 4 heteroatoms. The number of piperazine rings is 1. The molecular weight excluding hydrogens is 234 g/mol. The zero-order valence-electron chi connectivity index (χ0n) is 10.8. The molecule has 2 nitrogen and oxygen atoms in total. The molecule has 0 spiro atoms. The Kier molecular flexibility index (Phi) is 4.66. The highest BCUT2D eigenvalue weighted by Crippen LogP contribution is 2.13. The average molecular weight is 254 g/mol. The highest BCUT2D eigenvalue weighted by Gasteiger charge is 2.13. The number of rotatable bonds is 4. The lowest BCUT2D eigenvalue weighted by Crippen LogP contribution is -2.44. The zero-order valence-corrected chi connectivity index (χ0v) is 10.8. The summed E-state index contributed by atoms with van der Waals surface area (Å²) in [6.07, 6.45) is 1.49. The van der Waals surface area contributed by atoms with Crippen molar-refractivity contribution in [3.05, 3.63) is 35.4 Å². The molecule has 1 aromatic carbocycles. The second-order valence-electron chi connectivity index (χ2n) is 4.96. The van der Waals surface area contributed by atoms with Gasteiger partial charge in [-0.25, -0.2) is 8.78 Å². The molecule has 0 aliphatic carbocycles. The van der Waals surface area contributed by atoms with Crippen LogP contribution in [0.2, 0.25) is 0 Å². The molecule has 1 aromatic rings. The predicted molar refractivity (Wildman–Crippen MR) is 68.6 cm³/mol. The first-order valence-electron chi connectivity index (χ1n) is 6.50. The molecule has 0 unspecified atom stereocenters. The van der Waals surface area contributed by atoms with Crippen LogP contribution in [0.3, 0.4) is 0 Å². The molecule has 0 radical (unpaired) electrons. The lowest BCUT2D eigenvalue weighted by atomic mass is 10.1. The van der Waals surface area contributed by atoms with Crippen LogP contribution in [0.25, 0.3) is 0 Å². The summed E-state index contributed by atoms with van der Waals surface area (Å²) >= 11 is 0. The third-order valence-corrected chi connectivity index (χ3v) is 3.55. The van der Waals surface area contributed by atoms with Crippen molar-refractivity contribution >= 4 is 0 Å². The third kappa shape index (κ3) is 3.50.